The summed E-state index contributed by atoms with van der Waals surface area (Å²) in [6.45, 7) is 7.90. The molecule has 0 bridgehead atoms. The van der Waals surface area contributed by atoms with E-state index in [1.807, 2.05) is 68.4 Å². The molecular formula is C48H61N5O8. The molecule has 3 aromatic rings. The van der Waals surface area contributed by atoms with Gasteiger partial charge < -0.3 is 40.0 Å². The Hall–Kier alpha value is -5.56. The molecule has 3 aromatic carbocycles. The number of amides is 5. The van der Waals surface area contributed by atoms with Crippen molar-refractivity contribution in [1.82, 2.24) is 25.8 Å². The van der Waals surface area contributed by atoms with Crippen molar-refractivity contribution in [2.75, 3.05) is 46.0 Å². The Labute approximate surface area is 359 Å². The number of fused-ring (bicyclic) bond motifs is 3. The molecule has 3 N–H and O–H groups in total. The summed E-state index contributed by atoms with van der Waals surface area (Å²) >= 11 is 0. The van der Waals surface area contributed by atoms with Gasteiger partial charge in [-0.25, -0.2) is 4.79 Å². The number of hydrogen-bond donors (Lipinski definition) is 3. The van der Waals surface area contributed by atoms with Crippen molar-refractivity contribution < 1.29 is 38.2 Å². The van der Waals surface area contributed by atoms with Crippen LogP contribution in [0.25, 0.3) is 11.1 Å². The number of benzene rings is 3. The third-order valence-corrected chi connectivity index (χ3v) is 11.9. The average Bonchev–Trinajstić information content (AvgIpc) is 3.88. The third-order valence-electron chi connectivity index (χ3n) is 11.9. The number of unbranched alkanes of at least 4 members (excludes halogenated alkanes) is 1. The second-order valence-corrected chi connectivity index (χ2v) is 16.9. The highest BCUT2D eigenvalue weighted by molar-refractivity contribution is 5.95. The summed E-state index contributed by atoms with van der Waals surface area (Å²) in [5, 5.41) is 8.80. The predicted octanol–water partition coefficient (Wildman–Crippen LogP) is 5.40. The number of rotatable bonds is 19. The molecule has 61 heavy (non-hydrogen) atoms. The van der Waals surface area contributed by atoms with Crippen molar-refractivity contribution in [2.24, 2.45) is 11.8 Å². The zero-order valence-corrected chi connectivity index (χ0v) is 35.7. The van der Waals surface area contributed by atoms with Crippen LogP contribution in [0.1, 0.15) is 88.3 Å². The smallest absolute Gasteiger partial charge is 0.407 e. The van der Waals surface area contributed by atoms with E-state index in [0.29, 0.717) is 84.3 Å². The van der Waals surface area contributed by atoms with Gasteiger partial charge in [0.15, 0.2) is 0 Å². The Bertz CT molecular complexity index is 1950. The maximum Gasteiger partial charge on any atom is 0.407 e. The van der Waals surface area contributed by atoms with E-state index in [1.54, 1.807) is 4.90 Å². The van der Waals surface area contributed by atoms with Crippen LogP contribution in [0.4, 0.5) is 4.79 Å². The number of nitrogens with zero attached hydrogens (tertiary/aromatic N) is 2. The summed E-state index contributed by atoms with van der Waals surface area (Å²) in [4.78, 5) is 84.2. The molecule has 2 saturated heterocycles. The second-order valence-electron chi connectivity index (χ2n) is 16.9. The average molecular weight is 836 g/mol. The summed E-state index contributed by atoms with van der Waals surface area (Å²) < 4.78 is 11.2. The van der Waals surface area contributed by atoms with Crippen LogP contribution in [0.3, 0.4) is 0 Å². The van der Waals surface area contributed by atoms with Gasteiger partial charge in [0.1, 0.15) is 30.5 Å². The molecule has 6 rings (SSSR count). The fourth-order valence-corrected chi connectivity index (χ4v) is 8.83. The van der Waals surface area contributed by atoms with Gasteiger partial charge in [-0.3, -0.25) is 19.2 Å². The monoisotopic (exact) mass is 835 g/mol. The van der Waals surface area contributed by atoms with Crippen LogP contribution in [0, 0.1) is 11.8 Å². The van der Waals surface area contributed by atoms with E-state index in [-0.39, 0.29) is 48.4 Å². The topological polar surface area (TPSA) is 163 Å². The van der Waals surface area contributed by atoms with Crippen LogP contribution in [0.15, 0.2) is 78.9 Å². The first-order chi connectivity index (χ1) is 29.5. The Morgan fingerprint density at radius 3 is 2.10 bits per heavy atom. The maximum atomic E-state index is 14.3. The van der Waals surface area contributed by atoms with Crippen molar-refractivity contribution in [3.8, 4) is 11.1 Å². The molecule has 2 aliphatic heterocycles. The van der Waals surface area contributed by atoms with Gasteiger partial charge in [-0.15, -0.1) is 0 Å². The SMILES string of the molecule is CC(=O)C[C@@H](Cc1ccccc1)C(=O)N[C@@H](CC(C)C)C(=O)N1CCC[C@H]1C(=O)N[C@@H](CCCCNC(=O)OCC1c2ccccc2-c2ccccc21)C(=O)N1CCOCC1. The minimum atomic E-state index is -0.888. The predicted molar refractivity (Wildman–Crippen MR) is 231 cm³/mol. The fourth-order valence-electron chi connectivity index (χ4n) is 8.83. The Morgan fingerprint density at radius 1 is 0.787 bits per heavy atom. The van der Waals surface area contributed by atoms with Crippen LogP contribution in [-0.2, 0) is 39.9 Å². The molecule has 3 aliphatic rings. The highest BCUT2D eigenvalue weighted by Crippen LogP contribution is 2.44. The number of likely N-dealkylation sites (tertiary alicyclic amines) is 1. The molecular weight excluding hydrogens is 775 g/mol. The quantitative estimate of drug-likeness (QED) is 0.135. The molecule has 2 heterocycles. The summed E-state index contributed by atoms with van der Waals surface area (Å²) in [6.07, 6.45) is 2.67. The van der Waals surface area contributed by atoms with E-state index in [1.165, 1.54) is 11.8 Å². The Morgan fingerprint density at radius 2 is 1.44 bits per heavy atom. The van der Waals surface area contributed by atoms with Crippen LogP contribution >= 0.6 is 0 Å². The normalized spacial score (nSPS) is 17.5. The van der Waals surface area contributed by atoms with Gasteiger partial charge in [-0.1, -0.05) is 92.7 Å². The third kappa shape index (κ3) is 12.1. The minimum Gasteiger partial charge on any atom is -0.449 e. The van der Waals surface area contributed by atoms with Gasteiger partial charge in [0, 0.05) is 44.4 Å². The number of nitrogens with one attached hydrogen (secondary N) is 3. The van der Waals surface area contributed by atoms with Crippen LogP contribution in [0.5, 0.6) is 0 Å². The van der Waals surface area contributed by atoms with Crippen molar-refractivity contribution in [1.29, 1.82) is 0 Å². The molecule has 13 heteroatoms. The zero-order chi connectivity index (χ0) is 43.3. The van der Waals surface area contributed by atoms with Gasteiger partial charge >= 0.3 is 6.09 Å². The second kappa shape index (κ2) is 21.8. The molecule has 1 aliphatic carbocycles. The molecule has 0 spiro atoms. The van der Waals surface area contributed by atoms with Gasteiger partial charge in [-0.2, -0.15) is 0 Å². The minimum absolute atomic E-state index is 0.0437. The molecule has 0 aromatic heterocycles. The molecule has 13 nitrogen and oxygen atoms in total. The van der Waals surface area contributed by atoms with E-state index < -0.39 is 36.0 Å². The van der Waals surface area contributed by atoms with Crippen LogP contribution < -0.4 is 16.0 Å². The highest BCUT2D eigenvalue weighted by atomic mass is 16.5. The summed E-state index contributed by atoms with van der Waals surface area (Å²) in [5.74, 6) is -2.11. The van der Waals surface area contributed by atoms with E-state index in [0.717, 1.165) is 27.8 Å². The number of morpholine rings is 1. The van der Waals surface area contributed by atoms with Gasteiger partial charge in [-0.05, 0) is 85.6 Å². The maximum absolute atomic E-state index is 14.3. The lowest BCUT2D eigenvalue weighted by atomic mass is 9.92. The lowest BCUT2D eigenvalue weighted by molar-refractivity contribution is -0.144. The molecule has 326 valence electrons. The lowest BCUT2D eigenvalue weighted by Crippen LogP contribution is -2.57. The Kier molecular flexibility index (Phi) is 16.1. The summed E-state index contributed by atoms with van der Waals surface area (Å²) in [6, 6.07) is 23.3. The Balaban J connectivity index is 1.04. The molecule has 0 saturated carbocycles. The zero-order valence-electron chi connectivity index (χ0n) is 35.7. The van der Waals surface area contributed by atoms with Gasteiger partial charge in [0.05, 0.1) is 13.2 Å². The number of hydrogen-bond acceptors (Lipinski definition) is 8. The number of Topliss-reactive ketones (excluding diaryl/α,β-unsaturated/α-hetero) is 1. The first-order valence-electron chi connectivity index (χ1n) is 21.9. The lowest BCUT2D eigenvalue weighted by Gasteiger charge is -2.33. The van der Waals surface area contributed by atoms with E-state index in [4.69, 9.17) is 9.47 Å². The van der Waals surface area contributed by atoms with Crippen molar-refractivity contribution in [3.05, 3.63) is 95.6 Å². The molecule has 4 atom stereocenters. The number of alkyl carbamates (subject to hydrolysis) is 1. The van der Waals surface area contributed by atoms with Crippen molar-refractivity contribution in [3.63, 3.8) is 0 Å². The summed E-state index contributed by atoms with van der Waals surface area (Å²) in [7, 11) is 0. The van der Waals surface area contributed by atoms with Gasteiger partial charge in [0.25, 0.3) is 0 Å². The van der Waals surface area contributed by atoms with Crippen molar-refractivity contribution in [2.45, 2.75) is 96.2 Å². The number of ether oxygens (including phenoxy) is 2. The summed E-state index contributed by atoms with van der Waals surface area (Å²) in [5.41, 5.74) is 5.50. The van der Waals surface area contributed by atoms with Crippen LogP contribution in [0.2, 0.25) is 0 Å². The molecule has 0 unspecified atom stereocenters. The van der Waals surface area contributed by atoms with E-state index in [9.17, 15) is 28.8 Å². The van der Waals surface area contributed by atoms with Gasteiger partial charge in [0.2, 0.25) is 23.6 Å². The highest BCUT2D eigenvalue weighted by Gasteiger charge is 2.40. The first kappa shape index (κ1) is 45.0. The standard InChI is InChI=1S/C48H61N5O8/c1-32(2)28-42(51-44(55)35(29-33(3)54)30-34-14-5-4-6-15-34)47(58)53-23-13-21-43(53)45(56)50-41(46(57)52-24-26-60-27-25-52)20-11-12-22-49-48(59)61-31-40-38-18-9-7-16-36(38)37-17-8-10-19-39(37)40/h4-10,14-19,32,35,40-43H,11-13,20-31H2,1-3H3,(H,49,59)(H,50,56)(H,51,55)/t35-,41-,42-,43-/m0/s1. The number of carbonyl (C=O) groups excluding carboxylic acids is 6. The number of carbonyl (C=O) groups is 6. The number of ketones is 1. The van der Waals surface area contributed by atoms with Crippen LogP contribution in [-0.4, -0.2) is 109 Å². The first-order valence-corrected chi connectivity index (χ1v) is 21.9. The van der Waals surface area contributed by atoms with E-state index >= 15 is 0 Å². The molecule has 2 fully saturated rings. The van der Waals surface area contributed by atoms with E-state index in [2.05, 4.69) is 40.2 Å². The molecule has 5 amide bonds. The molecule has 0 radical (unpaired) electrons. The fraction of sp³-hybridized carbons (Fsp3) is 0.500. The van der Waals surface area contributed by atoms with Crippen molar-refractivity contribution >= 4 is 35.5 Å². The largest absolute Gasteiger partial charge is 0.449 e.